The number of hydrogen-bond acceptors (Lipinski definition) is 4. The van der Waals surface area contributed by atoms with Gasteiger partial charge in [0.15, 0.2) is 5.96 Å². The summed E-state index contributed by atoms with van der Waals surface area (Å²) in [7, 11) is 5.94. The van der Waals surface area contributed by atoms with Gasteiger partial charge in [-0.15, -0.1) is 24.0 Å². The number of hydrogen-bond donors (Lipinski definition) is 2. The zero-order valence-electron chi connectivity index (χ0n) is 17.4. The molecular weight excluding hydrogens is 453 g/mol. The van der Waals surface area contributed by atoms with E-state index in [2.05, 4.69) is 77.6 Å². The molecule has 7 heteroatoms. The fraction of sp³-hybridized carbons (Fsp3) is 0.650. The van der Waals surface area contributed by atoms with Crippen LogP contribution in [0.2, 0.25) is 0 Å². The van der Waals surface area contributed by atoms with Gasteiger partial charge in [0, 0.05) is 59.1 Å². The van der Waals surface area contributed by atoms with E-state index in [0.717, 1.165) is 45.4 Å². The van der Waals surface area contributed by atoms with E-state index in [9.17, 15) is 0 Å². The minimum absolute atomic E-state index is 0. The second-order valence-electron chi connectivity index (χ2n) is 7.33. The van der Waals surface area contributed by atoms with E-state index in [0.29, 0.717) is 12.0 Å². The molecule has 0 bridgehead atoms. The van der Waals surface area contributed by atoms with E-state index in [1.807, 2.05) is 7.05 Å². The maximum Gasteiger partial charge on any atom is 0.191 e. The van der Waals surface area contributed by atoms with Gasteiger partial charge in [0.2, 0.25) is 0 Å². The Labute approximate surface area is 181 Å². The first-order chi connectivity index (χ1) is 12.5. The molecule has 1 aromatic carbocycles. The molecule has 1 unspecified atom stereocenters. The van der Waals surface area contributed by atoms with Crippen molar-refractivity contribution in [3.8, 4) is 0 Å². The quantitative estimate of drug-likeness (QED) is 0.350. The Morgan fingerprint density at radius 1 is 1.22 bits per heavy atom. The summed E-state index contributed by atoms with van der Waals surface area (Å²) in [5.41, 5.74) is 2.45. The molecule has 0 aromatic heterocycles. The van der Waals surface area contributed by atoms with Crippen molar-refractivity contribution >= 4 is 35.6 Å². The molecule has 6 nitrogen and oxygen atoms in total. The number of anilines is 1. The van der Waals surface area contributed by atoms with Crippen molar-refractivity contribution < 1.29 is 4.74 Å². The second kappa shape index (κ2) is 12.4. The van der Waals surface area contributed by atoms with Crippen LogP contribution in [0.4, 0.5) is 5.69 Å². The van der Waals surface area contributed by atoms with Gasteiger partial charge in [-0.1, -0.05) is 26.0 Å². The summed E-state index contributed by atoms with van der Waals surface area (Å²) in [6, 6.07) is 9.03. The van der Waals surface area contributed by atoms with Crippen molar-refractivity contribution in [3.05, 3.63) is 29.8 Å². The van der Waals surface area contributed by atoms with Gasteiger partial charge in [-0.2, -0.15) is 0 Å². The molecule has 0 aliphatic carbocycles. The van der Waals surface area contributed by atoms with Crippen LogP contribution < -0.4 is 15.5 Å². The molecule has 2 rings (SSSR count). The lowest BCUT2D eigenvalue weighted by molar-refractivity contribution is 0.00752. The smallest absolute Gasteiger partial charge is 0.191 e. The zero-order valence-corrected chi connectivity index (χ0v) is 19.7. The monoisotopic (exact) mass is 489 g/mol. The van der Waals surface area contributed by atoms with Crippen LogP contribution in [0.5, 0.6) is 0 Å². The standard InChI is InChI=1S/C20H35N5O.HI/c1-16(2)19(25-9-11-26-12-10-25)15-23-20(21-3)22-14-17-7-6-8-18(13-17)24(4)5;/h6-8,13,16,19H,9-12,14-15H2,1-5H3,(H2,21,22,23);1H. The Balaban J connectivity index is 0.00000364. The summed E-state index contributed by atoms with van der Waals surface area (Å²) < 4.78 is 5.49. The average molecular weight is 489 g/mol. The van der Waals surface area contributed by atoms with E-state index in [1.165, 1.54) is 11.3 Å². The third-order valence-corrected chi connectivity index (χ3v) is 4.87. The van der Waals surface area contributed by atoms with E-state index in [1.54, 1.807) is 0 Å². The molecule has 27 heavy (non-hydrogen) atoms. The van der Waals surface area contributed by atoms with Crippen molar-refractivity contribution in [2.45, 2.75) is 26.4 Å². The summed E-state index contributed by atoms with van der Waals surface area (Å²) in [4.78, 5) is 9.02. The van der Waals surface area contributed by atoms with Crippen LogP contribution in [0, 0.1) is 5.92 Å². The average Bonchev–Trinajstić information content (AvgIpc) is 2.65. The van der Waals surface area contributed by atoms with E-state index in [-0.39, 0.29) is 24.0 Å². The molecule has 1 aliphatic rings. The van der Waals surface area contributed by atoms with Gasteiger partial charge in [0.05, 0.1) is 13.2 Å². The highest BCUT2D eigenvalue weighted by Gasteiger charge is 2.23. The van der Waals surface area contributed by atoms with Gasteiger partial charge in [0.25, 0.3) is 0 Å². The number of rotatable bonds is 7. The molecule has 0 spiro atoms. The predicted molar refractivity (Wildman–Crippen MR) is 125 cm³/mol. The van der Waals surface area contributed by atoms with E-state index >= 15 is 0 Å². The first-order valence-corrected chi connectivity index (χ1v) is 9.54. The van der Waals surface area contributed by atoms with E-state index in [4.69, 9.17) is 4.74 Å². The molecule has 0 amide bonds. The molecule has 1 heterocycles. The largest absolute Gasteiger partial charge is 0.379 e. The summed E-state index contributed by atoms with van der Waals surface area (Å²) in [6.45, 7) is 9.88. The Kier molecular flexibility index (Phi) is 11.0. The van der Waals surface area contributed by atoms with Gasteiger partial charge >= 0.3 is 0 Å². The van der Waals surface area contributed by atoms with Crippen LogP contribution in [0.3, 0.4) is 0 Å². The summed E-state index contributed by atoms with van der Waals surface area (Å²) in [5, 5.41) is 6.93. The van der Waals surface area contributed by atoms with Gasteiger partial charge in [0.1, 0.15) is 0 Å². The lowest BCUT2D eigenvalue weighted by Gasteiger charge is -2.37. The maximum absolute atomic E-state index is 5.49. The molecule has 1 aromatic rings. The summed E-state index contributed by atoms with van der Waals surface area (Å²) >= 11 is 0. The molecule has 0 radical (unpaired) electrons. The van der Waals surface area contributed by atoms with Gasteiger partial charge in [-0.25, -0.2) is 0 Å². The van der Waals surface area contributed by atoms with Crippen LogP contribution in [0.1, 0.15) is 19.4 Å². The van der Waals surface area contributed by atoms with Crippen LogP contribution in [0.25, 0.3) is 0 Å². The van der Waals surface area contributed by atoms with Gasteiger partial charge < -0.3 is 20.3 Å². The lowest BCUT2D eigenvalue weighted by Crippen LogP contribution is -2.52. The first-order valence-electron chi connectivity index (χ1n) is 9.54. The molecule has 1 saturated heterocycles. The Hall–Kier alpha value is -1.06. The summed E-state index contributed by atoms with van der Waals surface area (Å²) in [6.07, 6.45) is 0. The van der Waals surface area contributed by atoms with Crippen LogP contribution in [-0.2, 0) is 11.3 Å². The maximum atomic E-state index is 5.49. The highest BCUT2D eigenvalue weighted by molar-refractivity contribution is 14.0. The molecule has 154 valence electrons. The predicted octanol–water partition coefficient (Wildman–Crippen LogP) is 2.39. The highest BCUT2D eigenvalue weighted by atomic mass is 127. The second-order valence-corrected chi connectivity index (χ2v) is 7.33. The van der Waals surface area contributed by atoms with Crippen molar-refractivity contribution in [2.24, 2.45) is 10.9 Å². The number of nitrogens with one attached hydrogen (secondary N) is 2. The Bertz CT molecular complexity index is 573. The lowest BCUT2D eigenvalue weighted by atomic mass is 10.0. The molecular formula is C20H36IN5O. The van der Waals surface area contributed by atoms with Crippen LogP contribution in [-0.4, -0.2) is 70.9 Å². The number of guanidine groups is 1. The van der Waals surface area contributed by atoms with Crippen LogP contribution in [0.15, 0.2) is 29.3 Å². The number of aliphatic imine (C=N–C) groups is 1. The van der Waals surface area contributed by atoms with Crippen molar-refractivity contribution in [1.82, 2.24) is 15.5 Å². The summed E-state index contributed by atoms with van der Waals surface area (Å²) in [5.74, 6) is 1.43. The minimum Gasteiger partial charge on any atom is -0.379 e. The highest BCUT2D eigenvalue weighted by Crippen LogP contribution is 2.14. The van der Waals surface area contributed by atoms with Crippen molar-refractivity contribution in [2.75, 3.05) is 58.9 Å². The number of nitrogens with zero attached hydrogens (tertiary/aromatic N) is 3. The van der Waals surface area contributed by atoms with Gasteiger partial charge in [-0.05, 0) is 23.6 Å². The Morgan fingerprint density at radius 2 is 1.93 bits per heavy atom. The third-order valence-electron chi connectivity index (χ3n) is 4.87. The Morgan fingerprint density at radius 3 is 2.52 bits per heavy atom. The number of morpholine rings is 1. The molecule has 1 aliphatic heterocycles. The SMILES string of the molecule is CN=C(NCc1cccc(N(C)C)c1)NCC(C(C)C)N1CCOCC1.I. The number of ether oxygens (including phenoxy) is 1. The van der Waals surface area contributed by atoms with Crippen molar-refractivity contribution in [3.63, 3.8) is 0 Å². The normalized spacial score (nSPS) is 16.6. The molecule has 0 saturated carbocycles. The molecule has 2 N–H and O–H groups in total. The van der Waals surface area contributed by atoms with Gasteiger partial charge in [-0.3, -0.25) is 9.89 Å². The zero-order chi connectivity index (χ0) is 18.9. The fourth-order valence-electron chi connectivity index (χ4n) is 3.25. The topological polar surface area (TPSA) is 52.1 Å². The molecule has 1 fully saturated rings. The fourth-order valence-corrected chi connectivity index (χ4v) is 3.25. The van der Waals surface area contributed by atoms with Crippen LogP contribution >= 0.6 is 24.0 Å². The first kappa shape index (κ1) is 24.0. The number of halogens is 1. The molecule has 1 atom stereocenters. The van der Waals surface area contributed by atoms with E-state index < -0.39 is 0 Å². The number of benzene rings is 1. The minimum atomic E-state index is 0. The third kappa shape index (κ3) is 7.83. The van der Waals surface area contributed by atoms with Crippen molar-refractivity contribution in [1.29, 1.82) is 0 Å².